The molecule has 2 aliphatic rings. The van der Waals surface area contributed by atoms with Crippen LogP contribution in [0.2, 0.25) is 0 Å². The summed E-state index contributed by atoms with van der Waals surface area (Å²) in [6.45, 7) is 3.53. The van der Waals surface area contributed by atoms with Crippen molar-refractivity contribution < 1.29 is 5.11 Å². The highest BCUT2D eigenvalue weighted by atomic mass is 16.3. The normalized spacial score (nSPS) is 38.8. The Morgan fingerprint density at radius 3 is 2.57 bits per heavy atom. The van der Waals surface area contributed by atoms with Gasteiger partial charge in [-0.05, 0) is 57.7 Å². The molecule has 0 bridgehead atoms. The van der Waals surface area contributed by atoms with Crippen LogP contribution in [-0.2, 0) is 0 Å². The van der Waals surface area contributed by atoms with Crippen molar-refractivity contribution >= 4 is 0 Å². The zero-order chi connectivity index (χ0) is 9.80. The molecule has 3 nitrogen and oxygen atoms in total. The van der Waals surface area contributed by atoms with Gasteiger partial charge in [0.15, 0.2) is 0 Å². The summed E-state index contributed by atoms with van der Waals surface area (Å²) in [5.41, 5.74) is 0. The molecule has 0 unspecified atom stereocenters. The molecule has 3 N–H and O–H groups in total. The van der Waals surface area contributed by atoms with Gasteiger partial charge in [-0.25, -0.2) is 0 Å². The van der Waals surface area contributed by atoms with Crippen molar-refractivity contribution in [2.75, 3.05) is 19.6 Å². The maximum atomic E-state index is 9.37. The van der Waals surface area contributed by atoms with Gasteiger partial charge in [0.05, 0.1) is 6.10 Å². The topological polar surface area (TPSA) is 44.3 Å². The van der Waals surface area contributed by atoms with Gasteiger partial charge in [-0.3, -0.25) is 0 Å². The Bertz CT molecular complexity index is 161. The molecule has 0 spiro atoms. The SMILES string of the molecule is OC1CCC(NC[C@H]2CCNC2)CC1. The number of aliphatic hydroxyl groups excluding tert-OH is 1. The Morgan fingerprint density at radius 2 is 1.93 bits per heavy atom. The van der Waals surface area contributed by atoms with Gasteiger partial charge < -0.3 is 15.7 Å². The first-order valence-corrected chi connectivity index (χ1v) is 5.97. The first kappa shape index (κ1) is 10.4. The standard InChI is InChI=1S/C11H22N2O/c14-11-3-1-10(2-4-11)13-8-9-5-6-12-7-9/h9-14H,1-8H2/t9-,10?,11?/m0/s1. The largest absolute Gasteiger partial charge is 0.393 e. The Labute approximate surface area is 86.3 Å². The van der Waals surface area contributed by atoms with E-state index >= 15 is 0 Å². The van der Waals surface area contributed by atoms with Gasteiger partial charge in [-0.2, -0.15) is 0 Å². The summed E-state index contributed by atoms with van der Waals surface area (Å²) in [6.07, 6.45) is 5.58. The van der Waals surface area contributed by atoms with Crippen LogP contribution in [0.3, 0.4) is 0 Å². The fourth-order valence-electron chi connectivity index (χ4n) is 2.50. The van der Waals surface area contributed by atoms with Gasteiger partial charge in [0.1, 0.15) is 0 Å². The monoisotopic (exact) mass is 198 g/mol. The molecule has 1 atom stereocenters. The van der Waals surface area contributed by atoms with Crippen molar-refractivity contribution in [1.29, 1.82) is 0 Å². The van der Waals surface area contributed by atoms with E-state index in [1.165, 1.54) is 19.5 Å². The van der Waals surface area contributed by atoms with Crippen LogP contribution in [0.5, 0.6) is 0 Å². The predicted molar refractivity (Wildman–Crippen MR) is 57.2 cm³/mol. The van der Waals surface area contributed by atoms with Crippen LogP contribution in [0.15, 0.2) is 0 Å². The van der Waals surface area contributed by atoms with Gasteiger partial charge in [0.2, 0.25) is 0 Å². The van der Waals surface area contributed by atoms with E-state index in [-0.39, 0.29) is 6.10 Å². The molecule has 0 aromatic rings. The molecule has 1 saturated carbocycles. The van der Waals surface area contributed by atoms with Crippen molar-refractivity contribution in [1.82, 2.24) is 10.6 Å². The second kappa shape index (κ2) is 5.10. The van der Waals surface area contributed by atoms with E-state index in [1.54, 1.807) is 0 Å². The molecule has 14 heavy (non-hydrogen) atoms. The molecule has 2 fully saturated rings. The van der Waals surface area contributed by atoms with Crippen LogP contribution < -0.4 is 10.6 Å². The summed E-state index contributed by atoms with van der Waals surface area (Å²) in [6, 6.07) is 0.666. The summed E-state index contributed by atoms with van der Waals surface area (Å²) in [4.78, 5) is 0. The first-order chi connectivity index (χ1) is 6.84. The van der Waals surface area contributed by atoms with E-state index in [1.807, 2.05) is 0 Å². The Balaban J connectivity index is 1.60. The van der Waals surface area contributed by atoms with E-state index in [2.05, 4.69) is 10.6 Å². The summed E-state index contributed by atoms with van der Waals surface area (Å²) in [5.74, 6) is 0.835. The molecule has 1 aliphatic heterocycles. The third kappa shape index (κ3) is 2.94. The number of rotatable bonds is 3. The maximum absolute atomic E-state index is 9.37. The lowest BCUT2D eigenvalue weighted by molar-refractivity contribution is 0.116. The molecule has 2 rings (SSSR count). The third-order valence-electron chi connectivity index (χ3n) is 3.55. The smallest absolute Gasteiger partial charge is 0.0541 e. The molecule has 0 aromatic heterocycles. The van der Waals surface area contributed by atoms with Crippen molar-refractivity contribution in [3.05, 3.63) is 0 Å². The highest BCUT2D eigenvalue weighted by Gasteiger charge is 2.20. The van der Waals surface area contributed by atoms with Gasteiger partial charge >= 0.3 is 0 Å². The molecule has 1 heterocycles. The van der Waals surface area contributed by atoms with E-state index in [0.717, 1.165) is 38.1 Å². The second-order valence-electron chi connectivity index (χ2n) is 4.77. The van der Waals surface area contributed by atoms with Crippen LogP contribution in [0.4, 0.5) is 0 Å². The minimum absolute atomic E-state index is 0.0267. The highest BCUT2D eigenvalue weighted by Crippen LogP contribution is 2.18. The lowest BCUT2D eigenvalue weighted by Gasteiger charge is -2.27. The zero-order valence-corrected chi connectivity index (χ0v) is 8.84. The van der Waals surface area contributed by atoms with Crippen molar-refractivity contribution in [2.45, 2.75) is 44.2 Å². The van der Waals surface area contributed by atoms with Gasteiger partial charge in [-0.1, -0.05) is 0 Å². The Morgan fingerprint density at radius 1 is 1.14 bits per heavy atom. The Hall–Kier alpha value is -0.120. The summed E-state index contributed by atoms with van der Waals surface area (Å²) < 4.78 is 0. The van der Waals surface area contributed by atoms with E-state index in [0.29, 0.717) is 6.04 Å². The zero-order valence-electron chi connectivity index (χ0n) is 8.84. The van der Waals surface area contributed by atoms with Crippen LogP contribution in [0.25, 0.3) is 0 Å². The lowest BCUT2D eigenvalue weighted by Crippen LogP contribution is -2.37. The van der Waals surface area contributed by atoms with Crippen molar-refractivity contribution in [3.8, 4) is 0 Å². The molecular formula is C11H22N2O. The average molecular weight is 198 g/mol. The van der Waals surface area contributed by atoms with Crippen LogP contribution in [0, 0.1) is 5.92 Å². The number of hydrogen-bond acceptors (Lipinski definition) is 3. The van der Waals surface area contributed by atoms with E-state index in [4.69, 9.17) is 0 Å². The summed E-state index contributed by atoms with van der Waals surface area (Å²) in [7, 11) is 0. The lowest BCUT2D eigenvalue weighted by atomic mass is 9.93. The first-order valence-electron chi connectivity index (χ1n) is 5.97. The molecule has 0 amide bonds. The van der Waals surface area contributed by atoms with Crippen LogP contribution in [0.1, 0.15) is 32.1 Å². The fourth-order valence-corrected chi connectivity index (χ4v) is 2.50. The summed E-state index contributed by atoms with van der Waals surface area (Å²) in [5, 5.41) is 16.4. The fraction of sp³-hybridized carbons (Fsp3) is 1.00. The highest BCUT2D eigenvalue weighted by molar-refractivity contribution is 4.79. The predicted octanol–water partition coefficient (Wildman–Crippen LogP) is 0.489. The second-order valence-corrected chi connectivity index (χ2v) is 4.77. The minimum Gasteiger partial charge on any atom is -0.393 e. The van der Waals surface area contributed by atoms with Gasteiger partial charge in [-0.15, -0.1) is 0 Å². The van der Waals surface area contributed by atoms with Gasteiger partial charge in [0.25, 0.3) is 0 Å². The number of hydrogen-bond donors (Lipinski definition) is 3. The quantitative estimate of drug-likeness (QED) is 0.618. The van der Waals surface area contributed by atoms with Crippen LogP contribution >= 0.6 is 0 Å². The molecule has 3 heteroatoms. The van der Waals surface area contributed by atoms with Crippen molar-refractivity contribution in [2.24, 2.45) is 5.92 Å². The molecule has 82 valence electrons. The third-order valence-corrected chi connectivity index (χ3v) is 3.55. The molecular weight excluding hydrogens is 176 g/mol. The Kier molecular flexibility index (Phi) is 3.79. The minimum atomic E-state index is -0.0267. The maximum Gasteiger partial charge on any atom is 0.0541 e. The summed E-state index contributed by atoms with van der Waals surface area (Å²) >= 11 is 0. The molecule has 0 radical (unpaired) electrons. The van der Waals surface area contributed by atoms with E-state index < -0.39 is 0 Å². The van der Waals surface area contributed by atoms with Gasteiger partial charge in [0, 0.05) is 6.04 Å². The van der Waals surface area contributed by atoms with Crippen molar-refractivity contribution in [3.63, 3.8) is 0 Å². The molecule has 1 aliphatic carbocycles. The van der Waals surface area contributed by atoms with Crippen LogP contribution in [-0.4, -0.2) is 36.9 Å². The number of aliphatic hydroxyl groups is 1. The van der Waals surface area contributed by atoms with E-state index in [9.17, 15) is 5.11 Å². The average Bonchev–Trinajstić information content (AvgIpc) is 2.70. The molecule has 1 saturated heterocycles. The number of nitrogens with one attached hydrogen (secondary N) is 2. The molecule has 0 aromatic carbocycles.